The first-order valence-corrected chi connectivity index (χ1v) is 5.72. The lowest BCUT2D eigenvalue weighted by Gasteiger charge is -2.10. The molecule has 0 saturated heterocycles. The molecule has 1 aromatic heterocycles. The molecule has 0 aliphatic heterocycles. The van der Waals surface area contributed by atoms with E-state index in [1.807, 2.05) is 11.6 Å². The molecular weight excluding hydrogens is 202 g/mol. The van der Waals surface area contributed by atoms with Crippen molar-refractivity contribution >= 4 is 0 Å². The molecule has 0 amide bonds. The van der Waals surface area contributed by atoms with Crippen LogP contribution in [0.15, 0.2) is 12.2 Å². The number of hydrogen-bond acceptors (Lipinski definition) is 3. The molecule has 0 bridgehead atoms. The zero-order valence-electron chi connectivity index (χ0n) is 9.85. The Bertz CT molecular complexity index is 409. The van der Waals surface area contributed by atoms with E-state index in [4.69, 9.17) is 10.8 Å². The zero-order valence-corrected chi connectivity index (χ0v) is 9.85. The average Bonchev–Trinajstić information content (AvgIpc) is 2.74. The summed E-state index contributed by atoms with van der Waals surface area (Å²) in [5.41, 5.74) is 9.35. The Kier molecular flexibility index (Phi) is 3.12. The third kappa shape index (κ3) is 1.90. The van der Waals surface area contributed by atoms with Gasteiger partial charge in [0.15, 0.2) is 0 Å². The van der Waals surface area contributed by atoms with Crippen LogP contribution in [0.25, 0.3) is 0 Å². The highest BCUT2D eigenvalue weighted by molar-refractivity contribution is 5.34. The fraction of sp³-hybridized carbons (Fsp3) is 0.583. The van der Waals surface area contributed by atoms with Crippen LogP contribution in [0.3, 0.4) is 0 Å². The van der Waals surface area contributed by atoms with E-state index < -0.39 is 0 Å². The largest absolute Gasteiger partial charge is 0.394 e. The minimum atomic E-state index is 0.126. The average molecular weight is 221 g/mol. The van der Waals surface area contributed by atoms with Gasteiger partial charge in [0, 0.05) is 23.2 Å². The van der Waals surface area contributed by atoms with Crippen LogP contribution in [0.5, 0.6) is 0 Å². The second-order valence-corrected chi connectivity index (χ2v) is 4.42. The van der Waals surface area contributed by atoms with E-state index in [9.17, 15) is 0 Å². The summed E-state index contributed by atoms with van der Waals surface area (Å²) in [5.74, 6) is 0.391. The Balaban J connectivity index is 2.30. The maximum absolute atomic E-state index is 8.96. The minimum absolute atomic E-state index is 0.126. The van der Waals surface area contributed by atoms with E-state index in [0.29, 0.717) is 12.5 Å². The molecule has 0 fully saturated rings. The summed E-state index contributed by atoms with van der Waals surface area (Å²) in [6.45, 7) is 4.77. The SMILES string of the molecule is Cc1nn(CCO)c(C)c1C1C=CC(N)C1. The number of aliphatic hydroxyl groups is 1. The summed E-state index contributed by atoms with van der Waals surface area (Å²) in [6.07, 6.45) is 5.20. The molecule has 4 heteroatoms. The number of aryl methyl sites for hydroxylation is 1. The highest BCUT2D eigenvalue weighted by Gasteiger charge is 2.23. The molecule has 3 N–H and O–H groups in total. The van der Waals surface area contributed by atoms with Gasteiger partial charge in [-0.25, -0.2) is 0 Å². The minimum Gasteiger partial charge on any atom is -0.394 e. The Morgan fingerprint density at radius 2 is 2.25 bits per heavy atom. The van der Waals surface area contributed by atoms with Crippen LogP contribution in [0.2, 0.25) is 0 Å². The Hall–Kier alpha value is -1.13. The molecule has 2 unspecified atom stereocenters. The predicted molar refractivity (Wildman–Crippen MR) is 63.3 cm³/mol. The Labute approximate surface area is 95.8 Å². The lowest BCUT2D eigenvalue weighted by Crippen LogP contribution is -2.14. The van der Waals surface area contributed by atoms with Crippen molar-refractivity contribution in [1.29, 1.82) is 0 Å². The van der Waals surface area contributed by atoms with Gasteiger partial charge in [-0.2, -0.15) is 5.10 Å². The van der Waals surface area contributed by atoms with Gasteiger partial charge in [0.25, 0.3) is 0 Å². The first-order valence-electron chi connectivity index (χ1n) is 5.72. The van der Waals surface area contributed by atoms with Crippen LogP contribution in [0.4, 0.5) is 0 Å². The lowest BCUT2D eigenvalue weighted by molar-refractivity contribution is 0.267. The fourth-order valence-electron chi connectivity index (χ4n) is 2.50. The number of nitrogens with two attached hydrogens (primary N) is 1. The number of hydrogen-bond donors (Lipinski definition) is 2. The number of aromatic nitrogens is 2. The third-order valence-electron chi connectivity index (χ3n) is 3.24. The van der Waals surface area contributed by atoms with E-state index >= 15 is 0 Å². The monoisotopic (exact) mass is 221 g/mol. The molecule has 0 aromatic carbocycles. The summed E-state index contributed by atoms with van der Waals surface area (Å²) >= 11 is 0. The van der Waals surface area contributed by atoms with Crippen molar-refractivity contribution in [3.8, 4) is 0 Å². The van der Waals surface area contributed by atoms with Gasteiger partial charge < -0.3 is 10.8 Å². The second kappa shape index (κ2) is 4.39. The van der Waals surface area contributed by atoms with E-state index in [1.54, 1.807) is 0 Å². The van der Waals surface area contributed by atoms with Gasteiger partial charge in [-0.15, -0.1) is 0 Å². The maximum Gasteiger partial charge on any atom is 0.0644 e. The van der Waals surface area contributed by atoms with Crippen LogP contribution in [-0.2, 0) is 6.54 Å². The molecule has 0 saturated carbocycles. The number of rotatable bonds is 3. The molecule has 1 heterocycles. The van der Waals surface area contributed by atoms with E-state index in [2.05, 4.69) is 24.2 Å². The van der Waals surface area contributed by atoms with Crippen molar-refractivity contribution in [1.82, 2.24) is 9.78 Å². The number of allylic oxidation sites excluding steroid dienone is 1. The summed E-state index contributed by atoms with van der Waals surface area (Å²) in [5, 5.41) is 13.4. The maximum atomic E-state index is 8.96. The van der Waals surface area contributed by atoms with E-state index in [1.165, 1.54) is 5.56 Å². The van der Waals surface area contributed by atoms with Crippen molar-refractivity contribution in [3.63, 3.8) is 0 Å². The molecule has 0 radical (unpaired) electrons. The van der Waals surface area contributed by atoms with Gasteiger partial charge in [-0.05, 0) is 20.3 Å². The Morgan fingerprint density at radius 3 is 2.81 bits per heavy atom. The zero-order chi connectivity index (χ0) is 11.7. The topological polar surface area (TPSA) is 64.1 Å². The van der Waals surface area contributed by atoms with Crippen molar-refractivity contribution in [2.45, 2.75) is 38.8 Å². The molecule has 4 nitrogen and oxygen atoms in total. The number of aliphatic hydroxyl groups excluding tert-OH is 1. The van der Waals surface area contributed by atoms with Gasteiger partial charge in [-0.1, -0.05) is 12.2 Å². The molecular formula is C12H19N3O. The molecule has 0 spiro atoms. The van der Waals surface area contributed by atoms with Crippen LogP contribution in [0.1, 0.15) is 29.3 Å². The molecule has 16 heavy (non-hydrogen) atoms. The fourth-order valence-corrected chi connectivity index (χ4v) is 2.50. The van der Waals surface area contributed by atoms with Gasteiger partial charge >= 0.3 is 0 Å². The van der Waals surface area contributed by atoms with Crippen LogP contribution in [0, 0.1) is 13.8 Å². The quantitative estimate of drug-likeness (QED) is 0.744. The highest BCUT2D eigenvalue weighted by atomic mass is 16.3. The van der Waals surface area contributed by atoms with Gasteiger partial charge in [-0.3, -0.25) is 4.68 Å². The summed E-state index contributed by atoms with van der Waals surface area (Å²) in [4.78, 5) is 0. The molecule has 2 rings (SSSR count). The van der Waals surface area contributed by atoms with E-state index in [-0.39, 0.29) is 12.6 Å². The lowest BCUT2D eigenvalue weighted by atomic mass is 9.96. The number of nitrogens with zero attached hydrogens (tertiary/aromatic N) is 2. The van der Waals surface area contributed by atoms with Gasteiger partial charge in [0.05, 0.1) is 18.8 Å². The van der Waals surface area contributed by atoms with E-state index in [0.717, 1.165) is 17.8 Å². The smallest absolute Gasteiger partial charge is 0.0644 e. The predicted octanol–water partition coefficient (Wildman–Crippen LogP) is 0.863. The summed E-state index contributed by atoms with van der Waals surface area (Å²) in [7, 11) is 0. The van der Waals surface area contributed by atoms with Crippen LogP contribution >= 0.6 is 0 Å². The standard InChI is InChI=1S/C12H19N3O/c1-8-12(10-3-4-11(13)7-10)9(2)15(14-8)5-6-16/h3-4,10-11,16H,5-7,13H2,1-2H3. The van der Waals surface area contributed by atoms with Crippen molar-refractivity contribution in [2.75, 3.05) is 6.61 Å². The molecule has 2 atom stereocenters. The van der Waals surface area contributed by atoms with Gasteiger partial charge in [0.1, 0.15) is 0 Å². The van der Waals surface area contributed by atoms with Crippen molar-refractivity contribution in [2.24, 2.45) is 5.73 Å². The van der Waals surface area contributed by atoms with Gasteiger partial charge in [0.2, 0.25) is 0 Å². The second-order valence-electron chi connectivity index (χ2n) is 4.42. The molecule has 1 aliphatic rings. The third-order valence-corrected chi connectivity index (χ3v) is 3.24. The molecule has 1 aliphatic carbocycles. The highest BCUT2D eigenvalue weighted by Crippen LogP contribution is 2.32. The van der Waals surface area contributed by atoms with Crippen LogP contribution in [-0.4, -0.2) is 27.5 Å². The Morgan fingerprint density at radius 1 is 1.50 bits per heavy atom. The summed E-state index contributed by atoms with van der Waals surface area (Å²) in [6, 6.07) is 0.171. The molecule has 1 aromatic rings. The van der Waals surface area contributed by atoms with Crippen LogP contribution < -0.4 is 5.73 Å². The normalized spacial score (nSPS) is 24.2. The summed E-state index contributed by atoms with van der Waals surface area (Å²) < 4.78 is 1.88. The first kappa shape index (κ1) is 11.4. The van der Waals surface area contributed by atoms with Crippen molar-refractivity contribution < 1.29 is 5.11 Å². The first-order chi connectivity index (χ1) is 7.63. The van der Waals surface area contributed by atoms with Crippen molar-refractivity contribution in [3.05, 3.63) is 29.1 Å². The molecule has 88 valence electrons.